The Balaban J connectivity index is 2.43. The Bertz CT molecular complexity index is 490. The lowest BCUT2D eigenvalue weighted by Gasteiger charge is -2.19. The first kappa shape index (κ1) is 15.6. The van der Waals surface area contributed by atoms with Crippen LogP contribution in [-0.2, 0) is 9.59 Å². The molecule has 2 amide bonds. The van der Waals surface area contributed by atoms with E-state index in [-0.39, 0.29) is 24.7 Å². The van der Waals surface area contributed by atoms with Gasteiger partial charge in [-0.1, -0.05) is 13.0 Å². The van der Waals surface area contributed by atoms with Crippen molar-refractivity contribution in [2.24, 2.45) is 5.92 Å². The molecule has 0 aromatic carbocycles. The first-order valence-corrected chi connectivity index (χ1v) is 6.07. The molecule has 7 nitrogen and oxygen atoms in total. The van der Waals surface area contributed by atoms with Crippen LogP contribution in [0.2, 0.25) is 0 Å². The minimum atomic E-state index is -0.970. The van der Waals surface area contributed by atoms with Gasteiger partial charge in [-0.3, -0.25) is 19.4 Å². The van der Waals surface area contributed by atoms with E-state index < -0.39 is 17.8 Å². The van der Waals surface area contributed by atoms with Crippen LogP contribution in [0, 0.1) is 5.92 Å². The fraction of sp³-hybridized carbons (Fsp3) is 0.385. The fourth-order valence-corrected chi connectivity index (χ4v) is 1.47. The number of rotatable bonds is 6. The number of nitrogens with zero attached hydrogens (tertiary/aromatic N) is 2. The second-order valence-corrected chi connectivity index (χ2v) is 4.41. The third-order valence-electron chi connectivity index (χ3n) is 2.69. The molecule has 0 aliphatic carbocycles. The van der Waals surface area contributed by atoms with E-state index >= 15 is 0 Å². The summed E-state index contributed by atoms with van der Waals surface area (Å²) >= 11 is 0. The zero-order chi connectivity index (χ0) is 15.1. The lowest BCUT2D eigenvalue weighted by Crippen LogP contribution is -2.41. The molecule has 1 atom stereocenters. The van der Waals surface area contributed by atoms with Crippen molar-refractivity contribution in [2.45, 2.75) is 6.92 Å². The molecule has 20 heavy (non-hydrogen) atoms. The van der Waals surface area contributed by atoms with Gasteiger partial charge in [0.25, 0.3) is 5.91 Å². The standard InChI is InChI=1S/C13H17N3O4/c1-9(13(19)20)8-16(2)11(17)7-15-12(18)10-5-3-4-6-14-10/h3-6,9H,7-8H2,1-2H3,(H,15,18)(H,19,20). The number of aliphatic carboxylic acids is 1. The molecular formula is C13H17N3O4. The van der Waals surface area contributed by atoms with E-state index in [0.717, 1.165) is 0 Å². The monoisotopic (exact) mass is 279 g/mol. The SMILES string of the molecule is CC(CN(C)C(=O)CNC(=O)c1ccccn1)C(=O)O. The van der Waals surface area contributed by atoms with Crippen LogP contribution in [0.1, 0.15) is 17.4 Å². The number of carboxylic acids is 1. The van der Waals surface area contributed by atoms with Crippen LogP contribution >= 0.6 is 0 Å². The molecule has 0 saturated heterocycles. The van der Waals surface area contributed by atoms with Crippen LogP contribution in [0.15, 0.2) is 24.4 Å². The van der Waals surface area contributed by atoms with E-state index in [1.54, 1.807) is 12.1 Å². The van der Waals surface area contributed by atoms with Crippen LogP contribution < -0.4 is 5.32 Å². The Morgan fingerprint density at radius 3 is 2.65 bits per heavy atom. The van der Waals surface area contributed by atoms with E-state index in [4.69, 9.17) is 5.11 Å². The lowest BCUT2D eigenvalue weighted by molar-refractivity contribution is -0.142. The molecule has 1 rings (SSSR count). The molecule has 0 bridgehead atoms. The molecule has 0 fully saturated rings. The van der Waals surface area contributed by atoms with Crippen molar-refractivity contribution in [3.8, 4) is 0 Å². The largest absolute Gasteiger partial charge is 0.481 e. The highest BCUT2D eigenvalue weighted by atomic mass is 16.4. The van der Waals surface area contributed by atoms with Crippen LogP contribution in [0.3, 0.4) is 0 Å². The Labute approximate surface area is 116 Å². The Morgan fingerprint density at radius 1 is 1.40 bits per heavy atom. The first-order chi connectivity index (χ1) is 9.41. The molecule has 0 radical (unpaired) electrons. The highest BCUT2D eigenvalue weighted by Gasteiger charge is 2.18. The van der Waals surface area contributed by atoms with Crippen molar-refractivity contribution >= 4 is 17.8 Å². The maximum absolute atomic E-state index is 11.7. The number of likely N-dealkylation sites (N-methyl/N-ethyl adjacent to an activating group) is 1. The van der Waals surface area contributed by atoms with Gasteiger partial charge in [-0.15, -0.1) is 0 Å². The molecule has 0 aliphatic heterocycles. The zero-order valence-corrected chi connectivity index (χ0v) is 11.4. The summed E-state index contributed by atoms with van der Waals surface area (Å²) in [7, 11) is 1.49. The highest BCUT2D eigenvalue weighted by Crippen LogP contribution is 1.98. The van der Waals surface area contributed by atoms with E-state index in [9.17, 15) is 14.4 Å². The smallest absolute Gasteiger partial charge is 0.308 e. The summed E-state index contributed by atoms with van der Waals surface area (Å²) in [6.45, 7) is 1.41. The maximum atomic E-state index is 11.7. The van der Waals surface area contributed by atoms with Gasteiger partial charge in [0.15, 0.2) is 0 Å². The molecule has 1 heterocycles. The van der Waals surface area contributed by atoms with Crippen molar-refractivity contribution in [3.05, 3.63) is 30.1 Å². The Kier molecular flexibility index (Phi) is 5.64. The normalized spacial score (nSPS) is 11.5. The minimum absolute atomic E-state index is 0.0909. The Morgan fingerprint density at radius 2 is 2.10 bits per heavy atom. The summed E-state index contributed by atoms with van der Waals surface area (Å²) in [4.78, 5) is 39.2. The van der Waals surface area contributed by atoms with Crippen LogP contribution in [0.5, 0.6) is 0 Å². The second-order valence-electron chi connectivity index (χ2n) is 4.41. The number of carbonyl (C=O) groups is 3. The van der Waals surface area contributed by atoms with Gasteiger partial charge in [0.1, 0.15) is 5.69 Å². The van der Waals surface area contributed by atoms with E-state index in [2.05, 4.69) is 10.3 Å². The van der Waals surface area contributed by atoms with Crippen molar-refractivity contribution in [2.75, 3.05) is 20.1 Å². The molecular weight excluding hydrogens is 262 g/mol. The van der Waals surface area contributed by atoms with Crippen molar-refractivity contribution in [3.63, 3.8) is 0 Å². The average Bonchev–Trinajstić information content (AvgIpc) is 2.44. The number of nitrogens with one attached hydrogen (secondary N) is 1. The molecule has 2 N–H and O–H groups in total. The molecule has 0 aliphatic rings. The van der Waals surface area contributed by atoms with E-state index in [1.165, 1.54) is 31.1 Å². The summed E-state index contributed by atoms with van der Waals surface area (Å²) in [5.41, 5.74) is 0.224. The summed E-state index contributed by atoms with van der Waals surface area (Å²) in [6, 6.07) is 4.89. The predicted molar refractivity (Wildman–Crippen MR) is 71.0 cm³/mol. The summed E-state index contributed by atoms with van der Waals surface area (Å²) < 4.78 is 0. The van der Waals surface area contributed by atoms with Gasteiger partial charge >= 0.3 is 5.97 Å². The molecule has 0 saturated carbocycles. The third-order valence-corrected chi connectivity index (χ3v) is 2.69. The van der Waals surface area contributed by atoms with E-state index in [1.807, 2.05) is 0 Å². The molecule has 1 aromatic heterocycles. The number of pyridine rings is 1. The molecule has 0 spiro atoms. The topological polar surface area (TPSA) is 99.6 Å². The number of hydrogen-bond donors (Lipinski definition) is 2. The fourth-order valence-electron chi connectivity index (χ4n) is 1.47. The van der Waals surface area contributed by atoms with Gasteiger partial charge < -0.3 is 15.3 Å². The van der Waals surface area contributed by atoms with Crippen molar-refractivity contribution < 1.29 is 19.5 Å². The maximum Gasteiger partial charge on any atom is 0.308 e. The molecule has 1 aromatic rings. The van der Waals surface area contributed by atoms with Crippen molar-refractivity contribution in [1.29, 1.82) is 0 Å². The molecule has 7 heteroatoms. The first-order valence-electron chi connectivity index (χ1n) is 6.07. The number of aromatic nitrogens is 1. The van der Waals surface area contributed by atoms with Crippen LogP contribution in [0.25, 0.3) is 0 Å². The van der Waals surface area contributed by atoms with Crippen LogP contribution in [0.4, 0.5) is 0 Å². The van der Waals surface area contributed by atoms with Gasteiger partial charge in [-0.25, -0.2) is 0 Å². The van der Waals surface area contributed by atoms with Gasteiger partial charge in [-0.2, -0.15) is 0 Å². The van der Waals surface area contributed by atoms with Crippen molar-refractivity contribution in [1.82, 2.24) is 15.2 Å². The zero-order valence-electron chi connectivity index (χ0n) is 11.4. The van der Waals surface area contributed by atoms with Crippen LogP contribution in [-0.4, -0.2) is 52.9 Å². The van der Waals surface area contributed by atoms with Gasteiger partial charge in [0.2, 0.25) is 5.91 Å². The highest BCUT2D eigenvalue weighted by molar-refractivity contribution is 5.94. The lowest BCUT2D eigenvalue weighted by atomic mass is 10.2. The van der Waals surface area contributed by atoms with Gasteiger partial charge in [0, 0.05) is 19.8 Å². The number of carbonyl (C=O) groups excluding carboxylic acids is 2. The summed E-state index contributed by atoms with van der Waals surface area (Å²) in [5.74, 6) is -2.43. The summed E-state index contributed by atoms with van der Waals surface area (Å²) in [5, 5.41) is 11.2. The third kappa shape index (κ3) is 4.68. The molecule has 108 valence electrons. The second kappa shape index (κ2) is 7.22. The van der Waals surface area contributed by atoms with E-state index in [0.29, 0.717) is 0 Å². The summed E-state index contributed by atoms with van der Waals surface area (Å²) in [6.07, 6.45) is 1.48. The quantitative estimate of drug-likeness (QED) is 0.763. The minimum Gasteiger partial charge on any atom is -0.481 e. The number of amides is 2. The number of carboxylic acid groups (broad SMARTS) is 1. The average molecular weight is 279 g/mol. The number of hydrogen-bond acceptors (Lipinski definition) is 4. The van der Waals surface area contributed by atoms with Gasteiger partial charge in [0.05, 0.1) is 12.5 Å². The molecule has 1 unspecified atom stereocenters. The Hall–Kier alpha value is -2.44. The predicted octanol–water partition coefficient (Wildman–Crippen LogP) is -0.00950. The van der Waals surface area contributed by atoms with Gasteiger partial charge in [-0.05, 0) is 12.1 Å².